The maximum Gasteiger partial charge on any atom is 0.147 e. The Morgan fingerprint density at radius 2 is 2.33 bits per heavy atom. The summed E-state index contributed by atoms with van der Waals surface area (Å²) in [5.41, 5.74) is 6.67. The van der Waals surface area contributed by atoms with E-state index in [4.69, 9.17) is 5.73 Å². The maximum absolute atomic E-state index is 5.53. The minimum Gasteiger partial charge on any atom is -0.330 e. The highest BCUT2D eigenvalue weighted by atomic mass is 32.1. The average molecular weight is 264 g/mol. The largest absolute Gasteiger partial charge is 0.330 e. The van der Waals surface area contributed by atoms with Crippen LogP contribution in [-0.4, -0.2) is 37.7 Å². The first-order valence-corrected chi connectivity index (χ1v) is 6.95. The molecule has 0 saturated heterocycles. The van der Waals surface area contributed by atoms with E-state index in [1.54, 1.807) is 17.7 Å². The lowest BCUT2D eigenvalue weighted by atomic mass is 10.3. The Labute approximate surface area is 109 Å². The molecule has 1 aliphatic heterocycles. The SMILES string of the molecule is NCCc1nc(CN2CCn3cnnc3C2)cs1. The molecule has 1 aliphatic rings. The summed E-state index contributed by atoms with van der Waals surface area (Å²) in [7, 11) is 0. The molecule has 3 heterocycles. The summed E-state index contributed by atoms with van der Waals surface area (Å²) in [5.74, 6) is 1.04. The van der Waals surface area contributed by atoms with Gasteiger partial charge >= 0.3 is 0 Å². The Morgan fingerprint density at radius 3 is 3.22 bits per heavy atom. The summed E-state index contributed by atoms with van der Waals surface area (Å²) in [6.45, 7) is 4.38. The van der Waals surface area contributed by atoms with Crippen LogP contribution in [0, 0.1) is 0 Å². The van der Waals surface area contributed by atoms with Crippen molar-refractivity contribution >= 4 is 11.3 Å². The van der Waals surface area contributed by atoms with Gasteiger partial charge in [0.2, 0.25) is 0 Å². The fraction of sp³-hybridized carbons (Fsp3) is 0.545. The van der Waals surface area contributed by atoms with Crippen LogP contribution in [0.4, 0.5) is 0 Å². The quantitative estimate of drug-likeness (QED) is 0.857. The second-order valence-corrected chi connectivity index (χ2v) is 5.37. The molecule has 0 atom stereocenters. The molecule has 2 aromatic rings. The molecule has 2 N–H and O–H groups in total. The summed E-state index contributed by atoms with van der Waals surface area (Å²) in [6, 6.07) is 0. The molecule has 3 rings (SSSR count). The average Bonchev–Trinajstić information content (AvgIpc) is 2.98. The Bertz CT molecular complexity index is 519. The molecule has 0 spiro atoms. The third kappa shape index (κ3) is 2.43. The van der Waals surface area contributed by atoms with Crippen molar-refractivity contribution in [1.29, 1.82) is 0 Å². The second-order valence-electron chi connectivity index (χ2n) is 4.42. The first kappa shape index (κ1) is 11.8. The van der Waals surface area contributed by atoms with Crippen molar-refractivity contribution in [1.82, 2.24) is 24.6 Å². The van der Waals surface area contributed by atoms with Crippen molar-refractivity contribution in [3.05, 3.63) is 28.2 Å². The Balaban J connectivity index is 1.63. The maximum atomic E-state index is 5.53. The first-order chi connectivity index (χ1) is 8.85. The third-order valence-corrected chi connectivity index (χ3v) is 4.02. The van der Waals surface area contributed by atoms with E-state index in [0.29, 0.717) is 6.54 Å². The van der Waals surface area contributed by atoms with Crippen molar-refractivity contribution in [3.63, 3.8) is 0 Å². The normalized spacial score (nSPS) is 15.8. The zero-order chi connectivity index (χ0) is 12.4. The molecule has 18 heavy (non-hydrogen) atoms. The molecule has 0 bridgehead atoms. The van der Waals surface area contributed by atoms with Crippen LogP contribution in [0.1, 0.15) is 16.5 Å². The van der Waals surface area contributed by atoms with Gasteiger partial charge in [-0.25, -0.2) is 4.98 Å². The number of thiazole rings is 1. The van der Waals surface area contributed by atoms with E-state index in [1.165, 1.54) is 0 Å². The molecule has 2 aromatic heterocycles. The Hall–Kier alpha value is -1.31. The fourth-order valence-electron chi connectivity index (χ4n) is 2.14. The summed E-state index contributed by atoms with van der Waals surface area (Å²) < 4.78 is 2.11. The van der Waals surface area contributed by atoms with Gasteiger partial charge in [-0.05, 0) is 6.54 Å². The monoisotopic (exact) mass is 264 g/mol. The van der Waals surface area contributed by atoms with Crippen LogP contribution in [0.2, 0.25) is 0 Å². The van der Waals surface area contributed by atoms with Crippen molar-refractivity contribution < 1.29 is 0 Å². The van der Waals surface area contributed by atoms with Gasteiger partial charge < -0.3 is 10.3 Å². The second kappa shape index (κ2) is 5.13. The van der Waals surface area contributed by atoms with E-state index < -0.39 is 0 Å². The summed E-state index contributed by atoms with van der Waals surface area (Å²) in [4.78, 5) is 6.94. The number of fused-ring (bicyclic) bond motifs is 1. The lowest BCUT2D eigenvalue weighted by molar-refractivity contribution is 0.207. The highest BCUT2D eigenvalue weighted by Crippen LogP contribution is 2.15. The zero-order valence-corrected chi connectivity index (χ0v) is 10.9. The lowest BCUT2D eigenvalue weighted by Crippen LogP contribution is -2.33. The smallest absolute Gasteiger partial charge is 0.147 e. The highest BCUT2D eigenvalue weighted by Gasteiger charge is 2.18. The molecule has 7 heteroatoms. The minimum atomic E-state index is 0.666. The Kier molecular flexibility index (Phi) is 3.35. The van der Waals surface area contributed by atoms with E-state index in [9.17, 15) is 0 Å². The number of hydrogen-bond acceptors (Lipinski definition) is 6. The van der Waals surface area contributed by atoms with Gasteiger partial charge in [0, 0.05) is 31.4 Å². The van der Waals surface area contributed by atoms with Crippen LogP contribution in [0.25, 0.3) is 0 Å². The van der Waals surface area contributed by atoms with E-state index in [-0.39, 0.29) is 0 Å². The van der Waals surface area contributed by atoms with E-state index in [2.05, 4.69) is 30.0 Å². The minimum absolute atomic E-state index is 0.666. The van der Waals surface area contributed by atoms with Gasteiger partial charge in [0.25, 0.3) is 0 Å². The van der Waals surface area contributed by atoms with Gasteiger partial charge in [0.15, 0.2) is 0 Å². The fourth-order valence-corrected chi connectivity index (χ4v) is 2.95. The van der Waals surface area contributed by atoms with Gasteiger partial charge in [-0.1, -0.05) is 0 Å². The predicted octanol–water partition coefficient (Wildman–Crippen LogP) is 0.252. The van der Waals surface area contributed by atoms with E-state index in [1.807, 2.05) is 0 Å². The van der Waals surface area contributed by atoms with Gasteiger partial charge in [-0.15, -0.1) is 21.5 Å². The van der Waals surface area contributed by atoms with E-state index in [0.717, 1.165) is 49.1 Å². The number of aromatic nitrogens is 4. The molecule has 0 aromatic carbocycles. The summed E-state index contributed by atoms with van der Waals surface area (Å²) in [6.07, 6.45) is 2.67. The number of rotatable bonds is 4. The lowest BCUT2D eigenvalue weighted by Gasteiger charge is -2.25. The molecular weight excluding hydrogens is 248 g/mol. The molecule has 0 fully saturated rings. The number of nitrogens with two attached hydrogens (primary N) is 1. The van der Waals surface area contributed by atoms with Crippen molar-refractivity contribution in [2.45, 2.75) is 26.1 Å². The topological polar surface area (TPSA) is 72.9 Å². The molecule has 0 aliphatic carbocycles. The van der Waals surface area contributed by atoms with Crippen LogP contribution in [0.15, 0.2) is 11.7 Å². The van der Waals surface area contributed by atoms with Gasteiger partial charge in [0.05, 0.1) is 17.2 Å². The Morgan fingerprint density at radius 1 is 1.39 bits per heavy atom. The summed E-state index contributed by atoms with van der Waals surface area (Å²) >= 11 is 1.70. The molecule has 0 amide bonds. The van der Waals surface area contributed by atoms with Gasteiger partial charge in [-0.3, -0.25) is 4.90 Å². The zero-order valence-electron chi connectivity index (χ0n) is 10.1. The molecular formula is C11H16N6S. The van der Waals surface area contributed by atoms with Crippen molar-refractivity contribution in [2.24, 2.45) is 5.73 Å². The molecule has 0 radical (unpaired) electrons. The van der Waals surface area contributed by atoms with Crippen LogP contribution < -0.4 is 5.73 Å². The molecule has 0 unspecified atom stereocenters. The van der Waals surface area contributed by atoms with Gasteiger partial charge in [0.1, 0.15) is 12.2 Å². The number of nitrogens with zero attached hydrogens (tertiary/aromatic N) is 5. The molecule has 96 valence electrons. The van der Waals surface area contributed by atoms with Crippen LogP contribution in [0.5, 0.6) is 0 Å². The van der Waals surface area contributed by atoms with Crippen LogP contribution in [-0.2, 0) is 26.1 Å². The molecule has 0 saturated carbocycles. The highest BCUT2D eigenvalue weighted by molar-refractivity contribution is 7.09. The van der Waals surface area contributed by atoms with Crippen LogP contribution in [0.3, 0.4) is 0 Å². The van der Waals surface area contributed by atoms with Gasteiger partial charge in [-0.2, -0.15) is 0 Å². The standard InChI is InChI=1S/C11H16N6S/c12-2-1-11-14-9(7-18-11)5-16-3-4-17-8-13-15-10(17)6-16/h7-8H,1-6,12H2. The first-order valence-electron chi connectivity index (χ1n) is 6.07. The predicted molar refractivity (Wildman–Crippen MR) is 69.0 cm³/mol. The van der Waals surface area contributed by atoms with Crippen LogP contribution >= 0.6 is 11.3 Å². The number of hydrogen-bond donors (Lipinski definition) is 1. The third-order valence-electron chi connectivity index (χ3n) is 3.06. The molecule has 6 nitrogen and oxygen atoms in total. The van der Waals surface area contributed by atoms with Crippen molar-refractivity contribution in [3.8, 4) is 0 Å². The van der Waals surface area contributed by atoms with Crippen molar-refractivity contribution in [2.75, 3.05) is 13.1 Å². The summed E-state index contributed by atoms with van der Waals surface area (Å²) in [5, 5.41) is 11.3. The van der Waals surface area contributed by atoms with E-state index >= 15 is 0 Å².